The van der Waals surface area contributed by atoms with Crippen LogP contribution in [0.5, 0.6) is 5.75 Å². The van der Waals surface area contributed by atoms with Gasteiger partial charge in [0.25, 0.3) is 0 Å². The zero-order valence-electron chi connectivity index (χ0n) is 18.8. The quantitative estimate of drug-likeness (QED) is 0.300. The van der Waals surface area contributed by atoms with E-state index in [1.54, 1.807) is 7.11 Å². The van der Waals surface area contributed by atoms with Crippen LogP contribution in [0, 0.1) is 12.8 Å². The highest BCUT2D eigenvalue weighted by Crippen LogP contribution is 2.19. The Labute approximate surface area is 194 Å². The minimum absolute atomic E-state index is 0. The van der Waals surface area contributed by atoms with E-state index in [9.17, 15) is 0 Å². The molecule has 6 nitrogen and oxygen atoms in total. The van der Waals surface area contributed by atoms with Crippen LogP contribution in [-0.2, 0) is 6.42 Å². The number of nitrogens with one attached hydrogen (secondary N) is 2. The molecule has 1 aliphatic heterocycles. The zero-order chi connectivity index (χ0) is 20.4. The third-order valence-electron chi connectivity index (χ3n) is 5.25. The largest absolute Gasteiger partial charge is 0.496 e. The molecule has 1 aliphatic rings. The summed E-state index contributed by atoms with van der Waals surface area (Å²) in [7, 11) is 3.93. The SMILES string of the molecule is CCNC(=NCC(C)CN1CCN(C)CC1)NCCc1ccc(C)c(OC)c1.I. The van der Waals surface area contributed by atoms with Gasteiger partial charge in [-0.15, -0.1) is 24.0 Å². The monoisotopic (exact) mass is 517 g/mol. The lowest BCUT2D eigenvalue weighted by Crippen LogP contribution is -2.46. The van der Waals surface area contributed by atoms with Gasteiger partial charge in [0.2, 0.25) is 0 Å². The van der Waals surface area contributed by atoms with Crippen LogP contribution in [-0.4, -0.2) is 82.3 Å². The molecule has 0 aromatic heterocycles. The third kappa shape index (κ3) is 9.53. The van der Waals surface area contributed by atoms with Crippen molar-refractivity contribution in [2.45, 2.75) is 27.2 Å². The molecule has 1 aromatic rings. The van der Waals surface area contributed by atoms with Crippen molar-refractivity contribution in [2.75, 3.05) is 66.5 Å². The smallest absolute Gasteiger partial charge is 0.191 e. The van der Waals surface area contributed by atoms with Crippen LogP contribution in [0.15, 0.2) is 23.2 Å². The molecular formula is C22H40IN5O. The third-order valence-corrected chi connectivity index (χ3v) is 5.25. The van der Waals surface area contributed by atoms with Gasteiger partial charge in [-0.2, -0.15) is 0 Å². The van der Waals surface area contributed by atoms with Crippen LogP contribution < -0.4 is 15.4 Å². The van der Waals surface area contributed by atoms with Gasteiger partial charge in [-0.3, -0.25) is 4.99 Å². The molecule has 1 aromatic carbocycles. The van der Waals surface area contributed by atoms with E-state index in [4.69, 9.17) is 9.73 Å². The summed E-state index contributed by atoms with van der Waals surface area (Å²) in [6.07, 6.45) is 0.942. The second-order valence-corrected chi connectivity index (χ2v) is 7.91. The van der Waals surface area contributed by atoms with Crippen molar-refractivity contribution in [3.8, 4) is 5.75 Å². The second-order valence-electron chi connectivity index (χ2n) is 7.91. The molecule has 0 aliphatic carbocycles. The molecule has 166 valence electrons. The molecule has 0 amide bonds. The van der Waals surface area contributed by atoms with E-state index in [1.165, 1.54) is 37.3 Å². The fourth-order valence-corrected chi connectivity index (χ4v) is 3.46. The standard InChI is InChI=1S/C22H39N5O.HI/c1-6-23-22(24-10-9-20-8-7-19(3)21(15-20)28-5)25-16-18(2)17-27-13-11-26(4)12-14-27;/h7-8,15,18H,6,9-14,16-17H2,1-5H3,(H2,23,24,25);1H. The summed E-state index contributed by atoms with van der Waals surface area (Å²) in [4.78, 5) is 9.77. The highest BCUT2D eigenvalue weighted by Gasteiger charge is 2.16. The number of hydrogen-bond acceptors (Lipinski definition) is 4. The van der Waals surface area contributed by atoms with Crippen molar-refractivity contribution >= 4 is 29.9 Å². The average Bonchev–Trinajstić information content (AvgIpc) is 2.69. The predicted molar refractivity (Wildman–Crippen MR) is 134 cm³/mol. The van der Waals surface area contributed by atoms with Gasteiger partial charge in [-0.1, -0.05) is 19.1 Å². The first-order valence-electron chi connectivity index (χ1n) is 10.6. The first kappa shape index (κ1) is 26.0. The molecule has 2 N–H and O–H groups in total. The molecule has 1 unspecified atom stereocenters. The minimum atomic E-state index is 0. The molecule has 29 heavy (non-hydrogen) atoms. The van der Waals surface area contributed by atoms with Gasteiger partial charge >= 0.3 is 0 Å². The number of guanidine groups is 1. The molecular weight excluding hydrogens is 477 g/mol. The molecule has 0 saturated carbocycles. The Kier molecular flexibility index (Phi) is 12.6. The molecule has 7 heteroatoms. The maximum Gasteiger partial charge on any atom is 0.191 e. The van der Waals surface area contributed by atoms with E-state index < -0.39 is 0 Å². The Morgan fingerprint density at radius 1 is 1.21 bits per heavy atom. The van der Waals surface area contributed by atoms with Crippen LogP contribution in [0.3, 0.4) is 0 Å². The molecule has 0 radical (unpaired) electrons. The van der Waals surface area contributed by atoms with Crippen LogP contribution in [0.4, 0.5) is 0 Å². The first-order chi connectivity index (χ1) is 13.5. The van der Waals surface area contributed by atoms with Crippen molar-refractivity contribution in [1.29, 1.82) is 0 Å². The summed E-state index contributed by atoms with van der Waals surface area (Å²) in [5.41, 5.74) is 2.44. The normalized spacial score (nSPS) is 16.8. The van der Waals surface area contributed by atoms with Crippen LogP contribution in [0.2, 0.25) is 0 Å². The van der Waals surface area contributed by atoms with Crippen molar-refractivity contribution < 1.29 is 4.74 Å². The fourth-order valence-electron chi connectivity index (χ4n) is 3.46. The Hall–Kier alpha value is -1.06. The number of aliphatic imine (C=N–C) groups is 1. The van der Waals surface area contributed by atoms with Crippen LogP contribution in [0.25, 0.3) is 0 Å². The Balaban J connectivity index is 0.00000420. The summed E-state index contributed by atoms with van der Waals surface area (Å²) in [5.74, 6) is 2.42. The van der Waals surface area contributed by atoms with E-state index in [2.05, 4.69) is 66.5 Å². The lowest BCUT2D eigenvalue weighted by molar-refractivity contribution is 0.140. The number of halogens is 1. The van der Waals surface area contributed by atoms with Gasteiger partial charge in [-0.05, 0) is 50.4 Å². The summed E-state index contributed by atoms with van der Waals surface area (Å²) >= 11 is 0. The number of nitrogens with zero attached hydrogens (tertiary/aromatic N) is 3. The number of benzene rings is 1. The molecule has 1 saturated heterocycles. The van der Waals surface area contributed by atoms with Crippen LogP contribution >= 0.6 is 24.0 Å². The van der Waals surface area contributed by atoms with E-state index in [0.717, 1.165) is 44.3 Å². The number of methoxy groups -OCH3 is 1. The van der Waals surface area contributed by atoms with E-state index in [-0.39, 0.29) is 24.0 Å². The Morgan fingerprint density at radius 2 is 1.93 bits per heavy atom. The summed E-state index contributed by atoms with van der Waals surface area (Å²) < 4.78 is 5.42. The maximum atomic E-state index is 5.42. The van der Waals surface area contributed by atoms with Crippen molar-refractivity contribution in [1.82, 2.24) is 20.4 Å². The number of aryl methyl sites for hydroxylation is 1. The summed E-state index contributed by atoms with van der Waals surface area (Å²) in [6.45, 7) is 14.8. The van der Waals surface area contributed by atoms with Gasteiger partial charge in [0, 0.05) is 52.4 Å². The predicted octanol–water partition coefficient (Wildman–Crippen LogP) is 2.60. The zero-order valence-corrected chi connectivity index (χ0v) is 21.2. The maximum absolute atomic E-state index is 5.42. The topological polar surface area (TPSA) is 52.1 Å². The van der Waals surface area contributed by atoms with Gasteiger partial charge < -0.3 is 25.2 Å². The van der Waals surface area contributed by atoms with Crippen LogP contribution in [0.1, 0.15) is 25.0 Å². The molecule has 0 bridgehead atoms. The average molecular weight is 518 g/mol. The first-order valence-corrected chi connectivity index (χ1v) is 10.6. The number of likely N-dealkylation sites (N-methyl/N-ethyl adjacent to an activating group) is 1. The second kappa shape index (κ2) is 14.0. The van der Waals surface area contributed by atoms with Crippen molar-refractivity contribution in [3.05, 3.63) is 29.3 Å². The lowest BCUT2D eigenvalue weighted by atomic mass is 10.1. The molecule has 1 atom stereocenters. The summed E-state index contributed by atoms with van der Waals surface area (Å²) in [6, 6.07) is 6.41. The number of hydrogen-bond donors (Lipinski definition) is 2. The van der Waals surface area contributed by atoms with Gasteiger partial charge in [0.05, 0.1) is 7.11 Å². The highest BCUT2D eigenvalue weighted by molar-refractivity contribution is 14.0. The number of rotatable bonds is 9. The van der Waals surface area contributed by atoms with Gasteiger partial charge in [0.1, 0.15) is 5.75 Å². The fraction of sp³-hybridized carbons (Fsp3) is 0.682. The van der Waals surface area contributed by atoms with Crippen molar-refractivity contribution in [3.63, 3.8) is 0 Å². The highest BCUT2D eigenvalue weighted by atomic mass is 127. The molecule has 1 fully saturated rings. The van der Waals surface area contributed by atoms with E-state index in [1.807, 2.05) is 0 Å². The number of ether oxygens (including phenoxy) is 1. The van der Waals surface area contributed by atoms with Gasteiger partial charge in [-0.25, -0.2) is 0 Å². The Bertz CT molecular complexity index is 617. The lowest BCUT2D eigenvalue weighted by Gasteiger charge is -2.33. The Morgan fingerprint density at radius 3 is 2.59 bits per heavy atom. The van der Waals surface area contributed by atoms with Crippen molar-refractivity contribution in [2.24, 2.45) is 10.9 Å². The van der Waals surface area contributed by atoms with Gasteiger partial charge in [0.15, 0.2) is 5.96 Å². The minimum Gasteiger partial charge on any atom is -0.496 e. The molecule has 1 heterocycles. The summed E-state index contributed by atoms with van der Waals surface area (Å²) in [5, 5.41) is 6.82. The van der Waals surface area contributed by atoms with E-state index in [0.29, 0.717) is 5.92 Å². The number of piperazine rings is 1. The molecule has 2 rings (SSSR count). The molecule has 0 spiro atoms. The van der Waals surface area contributed by atoms with E-state index >= 15 is 0 Å².